The Morgan fingerprint density at radius 3 is 2.50 bits per heavy atom. The molecule has 0 radical (unpaired) electrons. The van der Waals surface area contributed by atoms with Crippen molar-refractivity contribution in [2.75, 3.05) is 56.2 Å². The van der Waals surface area contributed by atoms with Crippen LogP contribution in [0.3, 0.4) is 0 Å². The Labute approximate surface area is 166 Å². The Morgan fingerprint density at radius 1 is 1.25 bits per heavy atom. The number of aliphatic hydroxyl groups excluding tert-OH is 1. The molecule has 8 nitrogen and oxygen atoms in total. The number of anilines is 1. The minimum atomic E-state index is -2.85. The van der Waals surface area contributed by atoms with Crippen molar-refractivity contribution in [3.05, 3.63) is 24.3 Å². The number of β-amino-alcohol motifs (C(OH)–C–C–N with tert-alkyl or cyclic N) is 1. The molecule has 3 rings (SSSR count). The molecule has 2 aliphatic heterocycles. The quantitative estimate of drug-likeness (QED) is 0.661. The van der Waals surface area contributed by atoms with Gasteiger partial charge in [0.25, 0.3) is 0 Å². The minimum absolute atomic E-state index is 0.126. The number of nitrogens with one attached hydrogen (secondary N) is 1. The second-order valence-electron chi connectivity index (χ2n) is 7.56. The molecule has 2 fully saturated rings. The summed E-state index contributed by atoms with van der Waals surface area (Å²) in [7, 11) is -2.85. The van der Waals surface area contributed by atoms with Crippen LogP contribution in [0.25, 0.3) is 0 Å². The molecule has 0 aliphatic carbocycles. The monoisotopic (exact) mass is 411 g/mol. The van der Waals surface area contributed by atoms with Crippen molar-refractivity contribution in [2.24, 2.45) is 0 Å². The van der Waals surface area contributed by atoms with Gasteiger partial charge in [0, 0.05) is 51.4 Å². The first-order valence-electron chi connectivity index (χ1n) is 9.66. The summed E-state index contributed by atoms with van der Waals surface area (Å²) in [4.78, 5) is 15.5. The highest BCUT2D eigenvalue weighted by Crippen LogP contribution is 2.19. The van der Waals surface area contributed by atoms with Crippen LogP contribution in [0.5, 0.6) is 5.75 Å². The first kappa shape index (κ1) is 21.0. The molecular formula is C19H29N3O5S. The summed E-state index contributed by atoms with van der Waals surface area (Å²) in [6.07, 6.45) is 0.132. The number of sulfone groups is 1. The van der Waals surface area contributed by atoms with Crippen molar-refractivity contribution >= 4 is 21.4 Å². The zero-order valence-electron chi connectivity index (χ0n) is 16.2. The lowest BCUT2D eigenvalue weighted by atomic mass is 10.2. The van der Waals surface area contributed by atoms with Gasteiger partial charge in [-0.2, -0.15) is 0 Å². The van der Waals surface area contributed by atoms with E-state index in [0.717, 1.165) is 32.6 Å². The van der Waals surface area contributed by atoms with Gasteiger partial charge in [-0.3, -0.25) is 14.6 Å². The van der Waals surface area contributed by atoms with E-state index >= 15 is 0 Å². The van der Waals surface area contributed by atoms with Gasteiger partial charge in [-0.05, 0) is 30.7 Å². The van der Waals surface area contributed by atoms with Gasteiger partial charge in [-0.1, -0.05) is 0 Å². The number of carbonyl (C=O) groups is 1. The molecule has 2 N–H and O–H groups in total. The zero-order valence-corrected chi connectivity index (χ0v) is 17.0. The largest absolute Gasteiger partial charge is 0.491 e. The third-order valence-corrected chi connectivity index (χ3v) is 6.97. The van der Waals surface area contributed by atoms with E-state index in [-0.39, 0.29) is 24.3 Å². The van der Waals surface area contributed by atoms with Crippen molar-refractivity contribution in [1.29, 1.82) is 0 Å². The molecule has 0 saturated carbocycles. The maximum Gasteiger partial charge on any atom is 0.221 e. The Kier molecular flexibility index (Phi) is 6.92. The zero-order chi connectivity index (χ0) is 20.1. The van der Waals surface area contributed by atoms with Crippen molar-refractivity contribution in [2.45, 2.75) is 25.5 Å². The van der Waals surface area contributed by atoms with Gasteiger partial charge in [0.15, 0.2) is 9.84 Å². The highest BCUT2D eigenvalue weighted by molar-refractivity contribution is 7.91. The van der Waals surface area contributed by atoms with E-state index in [1.165, 1.54) is 6.92 Å². The maximum atomic E-state index is 11.6. The predicted molar refractivity (Wildman–Crippen MR) is 107 cm³/mol. The lowest BCUT2D eigenvalue weighted by Gasteiger charge is -2.38. The van der Waals surface area contributed by atoms with Gasteiger partial charge in [-0.25, -0.2) is 8.42 Å². The van der Waals surface area contributed by atoms with Crippen molar-refractivity contribution in [3.8, 4) is 5.75 Å². The minimum Gasteiger partial charge on any atom is -0.491 e. The number of benzene rings is 1. The molecule has 2 aliphatic rings. The van der Waals surface area contributed by atoms with Crippen LogP contribution >= 0.6 is 0 Å². The second kappa shape index (κ2) is 9.21. The number of nitrogens with zero attached hydrogens (tertiary/aromatic N) is 2. The average molecular weight is 412 g/mol. The molecule has 0 spiro atoms. The summed E-state index contributed by atoms with van der Waals surface area (Å²) in [6.45, 7) is 5.48. The average Bonchev–Trinajstić information content (AvgIpc) is 3.01. The summed E-state index contributed by atoms with van der Waals surface area (Å²) in [5, 5.41) is 13.0. The molecule has 9 heteroatoms. The Balaban J connectivity index is 1.36. The molecule has 0 unspecified atom stereocenters. The smallest absolute Gasteiger partial charge is 0.221 e. The molecule has 2 atom stereocenters. The Morgan fingerprint density at radius 2 is 1.93 bits per heavy atom. The number of hydrogen-bond acceptors (Lipinski definition) is 7. The van der Waals surface area contributed by atoms with Gasteiger partial charge in [0.05, 0.1) is 11.5 Å². The summed E-state index contributed by atoms with van der Waals surface area (Å²) in [5.41, 5.74) is 0.702. The molecule has 1 aromatic carbocycles. The number of carbonyl (C=O) groups excluding carboxylic acids is 1. The highest BCUT2D eigenvalue weighted by atomic mass is 32.2. The fourth-order valence-corrected chi connectivity index (χ4v) is 5.52. The lowest BCUT2D eigenvalue weighted by Crippen LogP contribution is -2.52. The molecule has 156 valence electrons. The molecule has 1 aromatic rings. The number of amides is 1. The van der Waals surface area contributed by atoms with Crippen LogP contribution in [0, 0.1) is 0 Å². The number of piperazine rings is 1. The van der Waals surface area contributed by atoms with E-state index in [0.29, 0.717) is 23.7 Å². The summed E-state index contributed by atoms with van der Waals surface area (Å²) < 4.78 is 28.9. The van der Waals surface area contributed by atoms with Crippen molar-refractivity contribution in [3.63, 3.8) is 0 Å². The molecule has 28 heavy (non-hydrogen) atoms. The van der Waals surface area contributed by atoms with Crippen LogP contribution in [0.4, 0.5) is 5.69 Å². The van der Waals surface area contributed by atoms with Crippen molar-refractivity contribution in [1.82, 2.24) is 9.80 Å². The summed E-state index contributed by atoms with van der Waals surface area (Å²) in [5.74, 6) is 1.10. The van der Waals surface area contributed by atoms with E-state index in [2.05, 4.69) is 15.1 Å². The van der Waals surface area contributed by atoms with Crippen LogP contribution in [-0.2, 0) is 14.6 Å². The number of hydrogen-bond donors (Lipinski definition) is 2. The molecular weight excluding hydrogens is 382 g/mol. The molecule has 0 aromatic heterocycles. The van der Waals surface area contributed by atoms with E-state index in [4.69, 9.17) is 4.74 Å². The summed E-state index contributed by atoms with van der Waals surface area (Å²) in [6, 6.07) is 7.18. The Bertz CT molecular complexity index is 760. The first-order chi connectivity index (χ1) is 13.3. The standard InChI is InChI=1S/C19H29N3O5S/c1-15(23)20-16-2-4-19(5-3-16)27-13-18(24)12-21-7-9-22(10-8-21)17-6-11-28(25,26)14-17/h2-5,17-18,24H,6-14H2,1H3,(H,20,23)/t17-,18+/m1/s1. The topological polar surface area (TPSA) is 99.2 Å². The summed E-state index contributed by atoms with van der Waals surface area (Å²) >= 11 is 0. The van der Waals surface area contributed by atoms with Crippen LogP contribution in [0.1, 0.15) is 13.3 Å². The fourth-order valence-electron chi connectivity index (χ4n) is 3.76. The third-order valence-electron chi connectivity index (χ3n) is 5.22. The molecule has 2 heterocycles. The first-order valence-corrected chi connectivity index (χ1v) is 11.5. The van der Waals surface area contributed by atoms with Gasteiger partial charge in [0.1, 0.15) is 18.5 Å². The van der Waals surface area contributed by atoms with E-state index in [1.54, 1.807) is 24.3 Å². The highest BCUT2D eigenvalue weighted by Gasteiger charge is 2.33. The van der Waals surface area contributed by atoms with E-state index < -0.39 is 15.9 Å². The predicted octanol–water partition coefficient (Wildman–Crippen LogP) is 0.189. The molecule has 0 bridgehead atoms. The van der Waals surface area contributed by atoms with Crippen LogP contribution in [-0.4, -0.2) is 92.2 Å². The van der Waals surface area contributed by atoms with Gasteiger partial charge < -0.3 is 15.2 Å². The Hall–Kier alpha value is -1.68. The van der Waals surface area contributed by atoms with Crippen LogP contribution < -0.4 is 10.1 Å². The van der Waals surface area contributed by atoms with E-state index in [9.17, 15) is 18.3 Å². The normalized spacial score (nSPS) is 24.0. The number of rotatable bonds is 7. The SMILES string of the molecule is CC(=O)Nc1ccc(OC[C@@H](O)CN2CCN([C@@H]3CCS(=O)(=O)C3)CC2)cc1. The second-order valence-corrected chi connectivity index (χ2v) is 9.79. The number of aliphatic hydroxyl groups is 1. The van der Waals surface area contributed by atoms with Crippen molar-refractivity contribution < 1.29 is 23.1 Å². The maximum absolute atomic E-state index is 11.6. The van der Waals surface area contributed by atoms with Gasteiger partial charge in [-0.15, -0.1) is 0 Å². The van der Waals surface area contributed by atoms with E-state index in [1.807, 2.05) is 0 Å². The molecule has 1 amide bonds. The van der Waals surface area contributed by atoms with Crippen LogP contribution in [0.15, 0.2) is 24.3 Å². The molecule has 2 saturated heterocycles. The fraction of sp³-hybridized carbons (Fsp3) is 0.632. The number of ether oxygens (including phenoxy) is 1. The third kappa shape index (κ3) is 6.16. The van der Waals surface area contributed by atoms with Gasteiger partial charge in [0.2, 0.25) is 5.91 Å². The lowest BCUT2D eigenvalue weighted by molar-refractivity contribution is -0.114. The van der Waals surface area contributed by atoms with Crippen LogP contribution in [0.2, 0.25) is 0 Å². The van der Waals surface area contributed by atoms with Gasteiger partial charge >= 0.3 is 0 Å².